The molecule has 3 rings (SSSR count). The second-order valence-corrected chi connectivity index (χ2v) is 5.50. The van der Waals surface area contributed by atoms with Crippen molar-refractivity contribution in [3.63, 3.8) is 0 Å². The van der Waals surface area contributed by atoms with Crippen LogP contribution in [0.2, 0.25) is 0 Å². The fourth-order valence-electron chi connectivity index (χ4n) is 2.87. The lowest BCUT2D eigenvalue weighted by Gasteiger charge is -2.20. The zero-order valence-electron chi connectivity index (χ0n) is 12.9. The van der Waals surface area contributed by atoms with Crippen LogP contribution in [0, 0.1) is 0 Å². The van der Waals surface area contributed by atoms with Crippen molar-refractivity contribution in [2.75, 3.05) is 13.2 Å². The molecule has 0 fully saturated rings. The van der Waals surface area contributed by atoms with E-state index in [-0.39, 0.29) is 5.97 Å². The first-order valence-electron chi connectivity index (χ1n) is 7.75. The summed E-state index contributed by atoms with van der Waals surface area (Å²) in [5.74, 6) is -0.321. The van der Waals surface area contributed by atoms with Crippen molar-refractivity contribution in [1.82, 2.24) is 14.5 Å². The summed E-state index contributed by atoms with van der Waals surface area (Å²) in [7, 11) is 0. The molecule has 116 valence electrons. The highest BCUT2D eigenvalue weighted by atomic mass is 16.5. The van der Waals surface area contributed by atoms with Gasteiger partial charge in [0.15, 0.2) is 5.69 Å². The van der Waals surface area contributed by atoms with E-state index in [1.807, 2.05) is 13.0 Å². The molecule has 0 radical (unpaired) electrons. The van der Waals surface area contributed by atoms with Gasteiger partial charge in [-0.1, -0.05) is 30.3 Å². The second kappa shape index (κ2) is 6.75. The third-order valence-electron chi connectivity index (χ3n) is 3.91. The Balaban J connectivity index is 1.79. The van der Waals surface area contributed by atoms with Gasteiger partial charge in [-0.25, -0.2) is 9.78 Å². The van der Waals surface area contributed by atoms with E-state index in [1.54, 1.807) is 6.33 Å². The number of carbonyl (C=O) groups is 1. The van der Waals surface area contributed by atoms with Crippen LogP contribution in [0.15, 0.2) is 36.7 Å². The molecule has 22 heavy (non-hydrogen) atoms. The summed E-state index contributed by atoms with van der Waals surface area (Å²) < 4.78 is 7.19. The Morgan fingerprint density at radius 1 is 1.27 bits per heavy atom. The van der Waals surface area contributed by atoms with E-state index in [2.05, 4.69) is 38.7 Å². The SMILES string of the molecule is CCOC(=O)c1ncn2c1CN(Cc1ccccc1)CCC2. The van der Waals surface area contributed by atoms with Crippen LogP contribution in [0.4, 0.5) is 0 Å². The molecule has 2 aromatic rings. The van der Waals surface area contributed by atoms with Crippen LogP contribution < -0.4 is 0 Å². The summed E-state index contributed by atoms with van der Waals surface area (Å²) >= 11 is 0. The van der Waals surface area contributed by atoms with Crippen molar-refractivity contribution < 1.29 is 9.53 Å². The maximum Gasteiger partial charge on any atom is 0.358 e. The van der Waals surface area contributed by atoms with Crippen LogP contribution in [0.5, 0.6) is 0 Å². The van der Waals surface area contributed by atoms with E-state index in [0.717, 1.165) is 38.3 Å². The number of ether oxygens (including phenoxy) is 1. The molecule has 0 aliphatic carbocycles. The minimum Gasteiger partial charge on any atom is -0.461 e. The van der Waals surface area contributed by atoms with Gasteiger partial charge in [-0.15, -0.1) is 0 Å². The highest BCUT2D eigenvalue weighted by Gasteiger charge is 2.23. The first-order valence-corrected chi connectivity index (χ1v) is 7.75. The van der Waals surface area contributed by atoms with Gasteiger partial charge >= 0.3 is 5.97 Å². The molecule has 1 aromatic heterocycles. The Kier molecular flexibility index (Phi) is 4.53. The molecule has 0 N–H and O–H groups in total. The van der Waals surface area contributed by atoms with E-state index in [9.17, 15) is 4.79 Å². The number of esters is 1. The minimum atomic E-state index is -0.321. The van der Waals surface area contributed by atoms with Crippen LogP contribution in [0.1, 0.15) is 35.1 Å². The number of aromatic nitrogens is 2. The Bertz CT molecular complexity index is 637. The molecule has 0 saturated heterocycles. The normalized spacial score (nSPS) is 15.1. The first-order chi connectivity index (χ1) is 10.8. The number of rotatable bonds is 4. The van der Waals surface area contributed by atoms with Gasteiger partial charge < -0.3 is 9.30 Å². The molecule has 0 atom stereocenters. The predicted octanol–water partition coefficient (Wildman–Crippen LogP) is 2.47. The molecule has 1 aromatic carbocycles. The first kappa shape index (κ1) is 14.8. The second-order valence-electron chi connectivity index (χ2n) is 5.50. The molecule has 0 unspecified atom stereocenters. The molecular formula is C17H21N3O2. The topological polar surface area (TPSA) is 47.4 Å². The molecule has 0 saturated carbocycles. The van der Waals surface area contributed by atoms with Crippen molar-refractivity contribution in [2.45, 2.75) is 33.0 Å². The van der Waals surface area contributed by atoms with Crippen LogP contribution >= 0.6 is 0 Å². The van der Waals surface area contributed by atoms with Crippen molar-refractivity contribution in [1.29, 1.82) is 0 Å². The van der Waals surface area contributed by atoms with Gasteiger partial charge in [-0.05, 0) is 18.9 Å². The highest BCUT2D eigenvalue weighted by Crippen LogP contribution is 2.18. The fourth-order valence-corrected chi connectivity index (χ4v) is 2.87. The molecule has 0 bridgehead atoms. The van der Waals surface area contributed by atoms with Gasteiger partial charge in [-0.2, -0.15) is 0 Å². The Hall–Kier alpha value is -2.14. The smallest absolute Gasteiger partial charge is 0.358 e. The number of hydrogen-bond acceptors (Lipinski definition) is 4. The maximum absolute atomic E-state index is 12.0. The standard InChI is InChI=1S/C17H21N3O2/c1-2-22-17(21)16-15-12-19(9-6-10-20(15)13-18-16)11-14-7-4-3-5-8-14/h3-5,7-8,13H,2,6,9-12H2,1H3. The van der Waals surface area contributed by atoms with Crippen LogP contribution in [0.25, 0.3) is 0 Å². The number of benzene rings is 1. The van der Waals surface area contributed by atoms with Gasteiger partial charge in [0, 0.05) is 26.2 Å². The molecule has 1 aliphatic rings. The van der Waals surface area contributed by atoms with E-state index in [1.165, 1.54) is 5.56 Å². The van der Waals surface area contributed by atoms with Crippen molar-refractivity contribution in [3.8, 4) is 0 Å². The Labute approximate surface area is 130 Å². The summed E-state index contributed by atoms with van der Waals surface area (Å²) in [5.41, 5.74) is 2.71. The molecule has 0 amide bonds. The Morgan fingerprint density at radius 3 is 2.86 bits per heavy atom. The molecule has 2 heterocycles. The summed E-state index contributed by atoms with van der Waals surface area (Å²) in [6, 6.07) is 10.4. The monoisotopic (exact) mass is 299 g/mol. The molecule has 5 heteroatoms. The van der Waals surface area contributed by atoms with Gasteiger partial charge in [-0.3, -0.25) is 4.90 Å². The summed E-state index contributed by atoms with van der Waals surface area (Å²) in [6.07, 6.45) is 2.81. The number of aryl methyl sites for hydroxylation is 1. The van der Waals surface area contributed by atoms with Gasteiger partial charge in [0.05, 0.1) is 18.6 Å². The fraction of sp³-hybridized carbons (Fsp3) is 0.412. The predicted molar refractivity (Wildman–Crippen MR) is 83.4 cm³/mol. The third kappa shape index (κ3) is 3.20. The molecular weight excluding hydrogens is 278 g/mol. The maximum atomic E-state index is 12.0. The molecule has 5 nitrogen and oxygen atoms in total. The molecule has 1 aliphatic heterocycles. The molecule has 0 spiro atoms. The number of hydrogen-bond donors (Lipinski definition) is 0. The summed E-state index contributed by atoms with van der Waals surface area (Å²) in [5, 5.41) is 0. The summed E-state index contributed by atoms with van der Waals surface area (Å²) in [6.45, 7) is 5.70. The highest BCUT2D eigenvalue weighted by molar-refractivity contribution is 5.88. The van der Waals surface area contributed by atoms with Gasteiger partial charge in [0.1, 0.15) is 0 Å². The quantitative estimate of drug-likeness (QED) is 0.814. The number of imidazole rings is 1. The van der Waals surface area contributed by atoms with E-state index in [4.69, 9.17) is 4.74 Å². The third-order valence-corrected chi connectivity index (χ3v) is 3.91. The largest absolute Gasteiger partial charge is 0.461 e. The van der Waals surface area contributed by atoms with Crippen molar-refractivity contribution >= 4 is 5.97 Å². The lowest BCUT2D eigenvalue weighted by atomic mass is 10.2. The van der Waals surface area contributed by atoms with Crippen LogP contribution in [-0.4, -0.2) is 33.6 Å². The minimum absolute atomic E-state index is 0.321. The lowest BCUT2D eigenvalue weighted by Crippen LogP contribution is -2.24. The van der Waals surface area contributed by atoms with E-state index in [0.29, 0.717) is 12.3 Å². The van der Waals surface area contributed by atoms with Crippen molar-refractivity contribution in [2.24, 2.45) is 0 Å². The van der Waals surface area contributed by atoms with E-state index >= 15 is 0 Å². The van der Waals surface area contributed by atoms with Crippen molar-refractivity contribution in [3.05, 3.63) is 53.6 Å². The van der Waals surface area contributed by atoms with Gasteiger partial charge in [0.2, 0.25) is 0 Å². The average Bonchev–Trinajstić information content (AvgIpc) is 2.81. The zero-order chi connectivity index (χ0) is 15.4. The number of nitrogens with zero attached hydrogens (tertiary/aromatic N) is 3. The van der Waals surface area contributed by atoms with Gasteiger partial charge in [0.25, 0.3) is 0 Å². The average molecular weight is 299 g/mol. The number of fused-ring (bicyclic) bond motifs is 1. The number of carbonyl (C=O) groups excluding carboxylic acids is 1. The zero-order valence-corrected chi connectivity index (χ0v) is 12.9. The van der Waals surface area contributed by atoms with E-state index < -0.39 is 0 Å². The van der Waals surface area contributed by atoms with Crippen LogP contribution in [0.3, 0.4) is 0 Å². The van der Waals surface area contributed by atoms with Crippen LogP contribution in [-0.2, 0) is 24.4 Å². The summed E-state index contributed by atoms with van der Waals surface area (Å²) in [4.78, 5) is 18.7. The Morgan fingerprint density at radius 2 is 2.09 bits per heavy atom. The lowest BCUT2D eigenvalue weighted by molar-refractivity contribution is 0.0517.